The van der Waals surface area contributed by atoms with E-state index < -0.39 is 0 Å². The van der Waals surface area contributed by atoms with E-state index in [1.165, 1.54) is 11.3 Å². The second-order valence-corrected chi connectivity index (χ2v) is 5.84. The zero-order chi connectivity index (χ0) is 14.5. The summed E-state index contributed by atoms with van der Waals surface area (Å²) in [6.07, 6.45) is 0. The van der Waals surface area contributed by atoms with Gasteiger partial charge in [0.2, 0.25) is 0 Å². The van der Waals surface area contributed by atoms with Crippen LogP contribution in [0.1, 0.15) is 19.4 Å². The topological polar surface area (TPSA) is 35.6 Å². The third kappa shape index (κ3) is 3.65. The first-order valence-electron chi connectivity index (χ1n) is 7.41. The number of hydrogen-bond donors (Lipinski definition) is 1. The zero-order valence-electron chi connectivity index (χ0n) is 12.7. The van der Waals surface area contributed by atoms with Crippen LogP contribution in [0.15, 0.2) is 24.3 Å². The Morgan fingerprint density at radius 2 is 1.85 bits per heavy atom. The van der Waals surface area contributed by atoms with Crippen LogP contribution in [0.4, 0.5) is 10.5 Å². The maximum Gasteiger partial charge on any atom is 0.317 e. The van der Waals surface area contributed by atoms with E-state index in [-0.39, 0.29) is 6.03 Å². The van der Waals surface area contributed by atoms with Crippen LogP contribution in [0.2, 0.25) is 0 Å². The quantitative estimate of drug-likeness (QED) is 0.920. The Balaban J connectivity index is 1.86. The molecule has 0 unspecified atom stereocenters. The van der Waals surface area contributed by atoms with Crippen LogP contribution in [0, 0.1) is 12.8 Å². The highest BCUT2D eigenvalue weighted by atomic mass is 16.2. The molecule has 1 aliphatic heterocycles. The van der Waals surface area contributed by atoms with Gasteiger partial charge >= 0.3 is 6.03 Å². The number of nitrogens with one attached hydrogen (secondary N) is 1. The molecule has 1 aromatic rings. The van der Waals surface area contributed by atoms with Crippen LogP contribution >= 0.6 is 0 Å². The van der Waals surface area contributed by atoms with Gasteiger partial charge in [-0.25, -0.2) is 4.79 Å². The van der Waals surface area contributed by atoms with E-state index in [1.54, 1.807) is 0 Å². The maximum atomic E-state index is 12.0. The minimum atomic E-state index is 0.0723. The van der Waals surface area contributed by atoms with Crippen LogP contribution in [0.25, 0.3) is 0 Å². The monoisotopic (exact) mass is 275 g/mol. The van der Waals surface area contributed by atoms with Crippen LogP contribution in [-0.4, -0.2) is 43.7 Å². The summed E-state index contributed by atoms with van der Waals surface area (Å²) in [5.74, 6) is 0.493. The van der Waals surface area contributed by atoms with Crippen molar-refractivity contribution in [2.24, 2.45) is 5.92 Å². The normalized spacial score (nSPS) is 15.6. The van der Waals surface area contributed by atoms with Gasteiger partial charge in [0, 0.05) is 38.4 Å². The van der Waals surface area contributed by atoms with E-state index in [0.717, 1.165) is 32.7 Å². The van der Waals surface area contributed by atoms with Crippen molar-refractivity contribution in [2.45, 2.75) is 20.8 Å². The number of hydrogen-bond acceptors (Lipinski definition) is 2. The fraction of sp³-hybridized carbons (Fsp3) is 0.562. The van der Waals surface area contributed by atoms with Crippen LogP contribution in [-0.2, 0) is 0 Å². The van der Waals surface area contributed by atoms with Gasteiger partial charge in [-0.15, -0.1) is 0 Å². The van der Waals surface area contributed by atoms with Gasteiger partial charge in [0.05, 0.1) is 0 Å². The molecular formula is C16H25N3O. The molecule has 1 heterocycles. The Bertz CT molecular complexity index is 451. The van der Waals surface area contributed by atoms with Crippen LogP contribution in [0.3, 0.4) is 0 Å². The van der Waals surface area contributed by atoms with Crippen LogP contribution in [0.5, 0.6) is 0 Å². The minimum Gasteiger partial charge on any atom is -0.368 e. The Labute approximate surface area is 121 Å². The standard InChI is InChI=1S/C16H25N3O/c1-13(2)12-17-16(20)19-10-8-18(9-11-19)15-7-5-4-6-14(15)3/h4-7,13H,8-12H2,1-3H3,(H,17,20). The molecule has 110 valence electrons. The van der Waals surface area contributed by atoms with Gasteiger partial charge in [0.1, 0.15) is 0 Å². The van der Waals surface area contributed by atoms with Crippen molar-refractivity contribution in [2.75, 3.05) is 37.6 Å². The van der Waals surface area contributed by atoms with Crippen LogP contribution < -0.4 is 10.2 Å². The predicted octanol–water partition coefficient (Wildman–Crippen LogP) is 2.48. The Kier molecular flexibility index (Phi) is 4.88. The van der Waals surface area contributed by atoms with Crippen molar-refractivity contribution in [1.82, 2.24) is 10.2 Å². The second-order valence-electron chi connectivity index (χ2n) is 5.84. The summed E-state index contributed by atoms with van der Waals surface area (Å²) in [7, 11) is 0. The number of carbonyl (C=O) groups is 1. The fourth-order valence-electron chi connectivity index (χ4n) is 2.47. The molecule has 0 spiro atoms. The maximum absolute atomic E-state index is 12.0. The molecule has 1 N–H and O–H groups in total. The number of para-hydroxylation sites is 1. The van der Waals surface area contributed by atoms with Crippen molar-refractivity contribution in [3.05, 3.63) is 29.8 Å². The number of anilines is 1. The molecule has 0 aliphatic carbocycles. The minimum absolute atomic E-state index is 0.0723. The van der Waals surface area contributed by atoms with Crippen molar-refractivity contribution in [1.29, 1.82) is 0 Å². The highest BCUT2D eigenvalue weighted by Gasteiger charge is 2.21. The summed E-state index contributed by atoms with van der Waals surface area (Å²) in [4.78, 5) is 16.3. The lowest BCUT2D eigenvalue weighted by Gasteiger charge is -2.36. The predicted molar refractivity (Wildman–Crippen MR) is 83.2 cm³/mol. The van der Waals surface area contributed by atoms with Gasteiger partial charge in [-0.3, -0.25) is 0 Å². The van der Waals surface area contributed by atoms with Crippen molar-refractivity contribution < 1.29 is 4.79 Å². The first-order chi connectivity index (χ1) is 9.58. The van der Waals surface area contributed by atoms with Gasteiger partial charge in [0.25, 0.3) is 0 Å². The lowest BCUT2D eigenvalue weighted by molar-refractivity contribution is 0.193. The highest BCUT2D eigenvalue weighted by Crippen LogP contribution is 2.20. The molecule has 0 atom stereocenters. The third-order valence-electron chi connectivity index (χ3n) is 3.68. The number of amides is 2. The number of urea groups is 1. The Morgan fingerprint density at radius 3 is 2.45 bits per heavy atom. The summed E-state index contributed by atoms with van der Waals surface area (Å²) in [6, 6.07) is 8.50. The fourth-order valence-corrected chi connectivity index (χ4v) is 2.47. The van der Waals surface area contributed by atoms with Crippen molar-refractivity contribution in [3.63, 3.8) is 0 Å². The lowest BCUT2D eigenvalue weighted by Crippen LogP contribution is -2.52. The second kappa shape index (κ2) is 6.64. The molecule has 20 heavy (non-hydrogen) atoms. The number of carbonyl (C=O) groups excluding carboxylic acids is 1. The highest BCUT2D eigenvalue weighted by molar-refractivity contribution is 5.74. The average molecular weight is 275 g/mol. The SMILES string of the molecule is Cc1ccccc1N1CCN(C(=O)NCC(C)C)CC1. The molecule has 0 bridgehead atoms. The summed E-state index contributed by atoms with van der Waals surface area (Å²) in [6.45, 7) is 10.5. The van der Waals surface area contributed by atoms with Gasteiger partial charge in [-0.05, 0) is 24.5 Å². The molecule has 2 amide bonds. The number of piperazine rings is 1. The summed E-state index contributed by atoms with van der Waals surface area (Å²) >= 11 is 0. The van der Waals surface area contributed by atoms with E-state index in [2.05, 4.69) is 55.3 Å². The van der Waals surface area contributed by atoms with E-state index >= 15 is 0 Å². The number of nitrogens with zero attached hydrogens (tertiary/aromatic N) is 2. The molecule has 2 rings (SSSR count). The Hall–Kier alpha value is -1.71. The molecule has 1 saturated heterocycles. The smallest absolute Gasteiger partial charge is 0.317 e. The first-order valence-corrected chi connectivity index (χ1v) is 7.41. The van der Waals surface area contributed by atoms with Gasteiger partial charge in [-0.1, -0.05) is 32.0 Å². The lowest BCUT2D eigenvalue weighted by atomic mass is 10.1. The molecule has 4 nitrogen and oxygen atoms in total. The van der Waals surface area contributed by atoms with Gasteiger partial charge in [-0.2, -0.15) is 0 Å². The van der Waals surface area contributed by atoms with E-state index in [4.69, 9.17) is 0 Å². The zero-order valence-corrected chi connectivity index (χ0v) is 12.7. The number of aryl methyl sites for hydroxylation is 1. The van der Waals surface area contributed by atoms with E-state index in [9.17, 15) is 4.79 Å². The molecule has 0 saturated carbocycles. The number of rotatable bonds is 3. The average Bonchev–Trinajstić information content (AvgIpc) is 2.45. The third-order valence-corrected chi connectivity index (χ3v) is 3.68. The molecule has 0 radical (unpaired) electrons. The first kappa shape index (κ1) is 14.7. The molecular weight excluding hydrogens is 250 g/mol. The summed E-state index contributed by atoms with van der Waals surface area (Å²) in [5.41, 5.74) is 2.58. The summed E-state index contributed by atoms with van der Waals surface area (Å²) < 4.78 is 0. The van der Waals surface area contributed by atoms with E-state index in [0.29, 0.717) is 5.92 Å². The largest absolute Gasteiger partial charge is 0.368 e. The number of benzene rings is 1. The molecule has 4 heteroatoms. The van der Waals surface area contributed by atoms with Gasteiger partial charge in [0.15, 0.2) is 0 Å². The molecule has 0 aromatic heterocycles. The Morgan fingerprint density at radius 1 is 1.20 bits per heavy atom. The van der Waals surface area contributed by atoms with E-state index in [1.807, 2.05) is 4.90 Å². The molecule has 1 aromatic carbocycles. The molecule has 1 aliphatic rings. The molecule has 1 fully saturated rings. The van der Waals surface area contributed by atoms with Crippen molar-refractivity contribution in [3.8, 4) is 0 Å². The van der Waals surface area contributed by atoms with Crippen molar-refractivity contribution >= 4 is 11.7 Å². The summed E-state index contributed by atoms with van der Waals surface area (Å²) in [5, 5.41) is 2.99. The van der Waals surface area contributed by atoms with Gasteiger partial charge < -0.3 is 15.1 Å².